The summed E-state index contributed by atoms with van der Waals surface area (Å²) < 4.78 is 5.57. The second-order valence-electron chi connectivity index (χ2n) is 7.82. The van der Waals surface area contributed by atoms with Gasteiger partial charge in [-0.05, 0) is 10.4 Å². The molecule has 1 heterocycles. The van der Waals surface area contributed by atoms with Gasteiger partial charge < -0.3 is 9.13 Å². The Kier molecular flexibility index (Phi) is 5.11. The first kappa shape index (κ1) is 17.6. The highest BCUT2D eigenvalue weighted by Crippen LogP contribution is 2.18. The molecule has 128 valence electrons. The highest BCUT2D eigenvalue weighted by atomic mass is 28.3. The maximum Gasteiger partial charge on any atom is 0.154 e. The van der Waals surface area contributed by atoms with E-state index in [0.717, 1.165) is 0 Å². The standard InChI is InChI=1S/C20H30N2Si2/c1-23(2,19-11-7-5-8-12-19)21-15-17-22(18-16-21)24(3,4)20-13-9-6-10-14-20/h5-14H,15-18H2,1-4H3. The lowest BCUT2D eigenvalue weighted by Gasteiger charge is -2.47. The molecule has 4 heteroatoms. The van der Waals surface area contributed by atoms with E-state index in [9.17, 15) is 0 Å². The van der Waals surface area contributed by atoms with Crippen molar-refractivity contribution in [1.82, 2.24) is 9.13 Å². The second-order valence-corrected chi connectivity index (χ2v) is 16.5. The predicted octanol–water partition coefficient (Wildman–Crippen LogP) is 2.83. The van der Waals surface area contributed by atoms with Crippen molar-refractivity contribution in [2.45, 2.75) is 26.2 Å². The molecule has 0 radical (unpaired) electrons. The minimum Gasteiger partial charge on any atom is -0.318 e. The summed E-state index contributed by atoms with van der Waals surface area (Å²) in [5, 5.41) is 3.11. The summed E-state index contributed by atoms with van der Waals surface area (Å²) in [6, 6.07) is 22.3. The molecule has 0 bridgehead atoms. The molecule has 0 atom stereocenters. The highest BCUT2D eigenvalue weighted by Gasteiger charge is 2.38. The molecule has 0 aromatic heterocycles. The van der Waals surface area contributed by atoms with Crippen molar-refractivity contribution in [1.29, 1.82) is 0 Å². The average Bonchev–Trinajstić information content (AvgIpc) is 2.63. The molecule has 0 N–H and O–H groups in total. The van der Waals surface area contributed by atoms with E-state index in [1.165, 1.54) is 26.2 Å². The predicted molar refractivity (Wildman–Crippen MR) is 110 cm³/mol. The first-order chi connectivity index (χ1) is 11.4. The van der Waals surface area contributed by atoms with Crippen LogP contribution in [0.4, 0.5) is 0 Å². The number of benzene rings is 2. The highest BCUT2D eigenvalue weighted by molar-refractivity contribution is 6.88. The third kappa shape index (κ3) is 3.42. The summed E-state index contributed by atoms with van der Waals surface area (Å²) >= 11 is 0. The van der Waals surface area contributed by atoms with E-state index in [2.05, 4.69) is 96.0 Å². The zero-order valence-corrected chi connectivity index (χ0v) is 17.5. The van der Waals surface area contributed by atoms with Gasteiger partial charge in [0, 0.05) is 26.2 Å². The Labute approximate surface area is 149 Å². The average molecular weight is 355 g/mol. The van der Waals surface area contributed by atoms with Crippen LogP contribution in [-0.2, 0) is 0 Å². The van der Waals surface area contributed by atoms with E-state index in [1.54, 1.807) is 10.4 Å². The molecule has 2 aromatic carbocycles. The van der Waals surface area contributed by atoms with E-state index >= 15 is 0 Å². The molecule has 1 aliphatic rings. The molecule has 3 rings (SSSR count). The zero-order valence-electron chi connectivity index (χ0n) is 15.5. The van der Waals surface area contributed by atoms with E-state index in [1.807, 2.05) is 0 Å². The van der Waals surface area contributed by atoms with Gasteiger partial charge in [0.05, 0.1) is 0 Å². The van der Waals surface area contributed by atoms with Gasteiger partial charge in [-0.1, -0.05) is 86.9 Å². The lowest BCUT2D eigenvalue weighted by Crippen LogP contribution is -2.68. The van der Waals surface area contributed by atoms with Crippen LogP contribution in [0.25, 0.3) is 0 Å². The number of nitrogens with zero attached hydrogens (tertiary/aromatic N) is 2. The molecule has 2 nitrogen and oxygen atoms in total. The lowest BCUT2D eigenvalue weighted by molar-refractivity contribution is 0.266. The first-order valence-electron chi connectivity index (χ1n) is 9.03. The molecule has 1 saturated heterocycles. The second kappa shape index (κ2) is 6.96. The lowest BCUT2D eigenvalue weighted by atomic mass is 10.4. The van der Waals surface area contributed by atoms with Gasteiger partial charge in [-0.2, -0.15) is 0 Å². The molecule has 2 aromatic rings. The fourth-order valence-electron chi connectivity index (χ4n) is 3.88. The largest absolute Gasteiger partial charge is 0.318 e. The van der Waals surface area contributed by atoms with Crippen molar-refractivity contribution in [2.75, 3.05) is 26.2 Å². The van der Waals surface area contributed by atoms with Crippen molar-refractivity contribution in [3.63, 3.8) is 0 Å². The van der Waals surface area contributed by atoms with Gasteiger partial charge in [0.15, 0.2) is 16.5 Å². The zero-order chi connectivity index (χ0) is 17.2. The van der Waals surface area contributed by atoms with Crippen LogP contribution in [0, 0.1) is 0 Å². The Morgan fingerprint density at radius 3 is 1.12 bits per heavy atom. The molecule has 24 heavy (non-hydrogen) atoms. The van der Waals surface area contributed by atoms with Crippen LogP contribution >= 0.6 is 0 Å². The molecule has 0 amide bonds. The van der Waals surface area contributed by atoms with Crippen LogP contribution in [-0.4, -0.2) is 51.8 Å². The summed E-state index contributed by atoms with van der Waals surface area (Å²) in [5.74, 6) is 0. The van der Waals surface area contributed by atoms with Crippen LogP contribution in [0.3, 0.4) is 0 Å². The maximum atomic E-state index is 2.79. The molecule has 1 fully saturated rings. The Morgan fingerprint density at radius 2 is 0.833 bits per heavy atom. The monoisotopic (exact) mass is 354 g/mol. The molecule has 0 unspecified atom stereocenters. The summed E-state index contributed by atoms with van der Waals surface area (Å²) in [4.78, 5) is 0. The Morgan fingerprint density at radius 1 is 0.542 bits per heavy atom. The molecule has 0 aliphatic carbocycles. The van der Waals surface area contributed by atoms with Gasteiger partial charge in [0.25, 0.3) is 0 Å². The summed E-state index contributed by atoms with van der Waals surface area (Å²) in [7, 11) is -3.05. The molecule has 1 aliphatic heterocycles. The number of rotatable bonds is 4. The fourth-order valence-corrected chi connectivity index (χ4v) is 9.26. The van der Waals surface area contributed by atoms with Gasteiger partial charge in [-0.25, -0.2) is 0 Å². The van der Waals surface area contributed by atoms with Gasteiger partial charge in [0.1, 0.15) is 0 Å². The van der Waals surface area contributed by atoms with Gasteiger partial charge in [0.2, 0.25) is 0 Å². The molecule has 0 saturated carbocycles. The van der Waals surface area contributed by atoms with E-state index in [4.69, 9.17) is 0 Å². The first-order valence-corrected chi connectivity index (χ1v) is 14.9. The Balaban J connectivity index is 1.70. The van der Waals surface area contributed by atoms with Gasteiger partial charge in [-0.3, -0.25) is 0 Å². The minimum atomic E-state index is -1.52. The van der Waals surface area contributed by atoms with Crippen LogP contribution in [0.2, 0.25) is 26.2 Å². The van der Waals surface area contributed by atoms with Crippen molar-refractivity contribution >= 4 is 26.8 Å². The van der Waals surface area contributed by atoms with E-state index in [0.29, 0.717) is 0 Å². The fraction of sp³-hybridized carbons (Fsp3) is 0.400. The number of piperazine rings is 1. The minimum absolute atomic E-state index is 1.21. The topological polar surface area (TPSA) is 6.48 Å². The van der Waals surface area contributed by atoms with Gasteiger partial charge >= 0.3 is 0 Å². The van der Waals surface area contributed by atoms with Crippen LogP contribution < -0.4 is 10.4 Å². The van der Waals surface area contributed by atoms with Crippen LogP contribution in [0.1, 0.15) is 0 Å². The quantitative estimate of drug-likeness (QED) is 0.779. The normalized spacial score (nSPS) is 17.8. The molecule has 0 spiro atoms. The number of hydrogen-bond acceptors (Lipinski definition) is 2. The SMILES string of the molecule is C[Si](C)(c1ccccc1)N1CCN([Si](C)(C)c2ccccc2)CC1. The summed E-state index contributed by atoms with van der Waals surface area (Å²) in [6.45, 7) is 14.8. The van der Waals surface area contributed by atoms with Crippen molar-refractivity contribution in [2.24, 2.45) is 0 Å². The number of hydrogen-bond donors (Lipinski definition) is 0. The summed E-state index contributed by atoms with van der Waals surface area (Å²) in [5.41, 5.74) is 0. The van der Waals surface area contributed by atoms with Crippen LogP contribution in [0.15, 0.2) is 60.7 Å². The van der Waals surface area contributed by atoms with Crippen LogP contribution in [0.5, 0.6) is 0 Å². The van der Waals surface area contributed by atoms with Crippen molar-refractivity contribution in [3.8, 4) is 0 Å². The maximum absolute atomic E-state index is 2.79. The Bertz CT molecular complexity index is 588. The molecular formula is C20H30N2Si2. The third-order valence-corrected chi connectivity index (χ3v) is 13.4. The van der Waals surface area contributed by atoms with Crippen molar-refractivity contribution < 1.29 is 0 Å². The third-order valence-electron chi connectivity index (χ3n) is 5.82. The smallest absolute Gasteiger partial charge is 0.154 e. The Hall–Kier alpha value is -1.21. The van der Waals surface area contributed by atoms with E-state index < -0.39 is 16.5 Å². The van der Waals surface area contributed by atoms with Gasteiger partial charge in [-0.15, -0.1) is 0 Å². The molecular weight excluding hydrogens is 324 g/mol. The van der Waals surface area contributed by atoms with Crippen molar-refractivity contribution in [3.05, 3.63) is 60.7 Å². The van der Waals surface area contributed by atoms with E-state index in [-0.39, 0.29) is 0 Å². The summed E-state index contributed by atoms with van der Waals surface area (Å²) in [6.07, 6.45) is 0.